The van der Waals surface area contributed by atoms with Crippen LogP contribution in [0, 0.1) is 13.8 Å². The van der Waals surface area contributed by atoms with Crippen LogP contribution in [0.2, 0.25) is 0 Å². The molecule has 0 saturated carbocycles. The van der Waals surface area contributed by atoms with Crippen LogP contribution >= 0.6 is 0 Å². The first-order valence-electron chi connectivity index (χ1n) is 5.70. The molecule has 1 aromatic rings. The Kier molecular flexibility index (Phi) is 4.99. The predicted molar refractivity (Wildman–Crippen MR) is 66.5 cm³/mol. The summed E-state index contributed by atoms with van der Waals surface area (Å²) in [6.45, 7) is 5.37. The fourth-order valence-corrected chi connectivity index (χ4v) is 1.68. The van der Waals surface area contributed by atoms with Crippen molar-refractivity contribution in [1.82, 2.24) is 5.32 Å². The first-order valence-corrected chi connectivity index (χ1v) is 5.70. The maximum Gasteiger partial charge on any atom is 0.251 e. The lowest BCUT2D eigenvalue weighted by atomic mass is 10.1. The molecule has 0 aliphatic rings. The Morgan fingerprint density at radius 2 is 1.81 bits per heavy atom. The molecule has 1 rings (SSSR count). The molecule has 16 heavy (non-hydrogen) atoms. The van der Waals surface area contributed by atoms with Crippen molar-refractivity contribution in [3.8, 4) is 0 Å². The minimum Gasteiger partial charge on any atom is -0.352 e. The first kappa shape index (κ1) is 12.7. The summed E-state index contributed by atoms with van der Waals surface area (Å²) in [6, 6.07) is 5.88. The Balaban J connectivity index is 2.52. The van der Waals surface area contributed by atoms with Gasteiger partial charge in [0.15, 0.2) is 0 Å². The highest BCUT2D eigenvalue weighted by molar-refractivity contribution is 5.94. The van der Waals surface area contributed by atoms with Gasteiger partial charge in [0.05, 0.1) is 0 Å². The van der Waals surface area contributed by atoms with Gasteiger partial charge in [0, 0.05) is 12.1 Å². The van der Waals surface area contributed by atoms with Crippen LogP contribution in [0.15, 0.2) is 18.2 Å². The smallest absolute Gasteiger partial charge is 0.251 e. The van der Waals surface area contributed by atoms with E-state index in [1.54, 1.807) is 0 Å². The highest BCUT2D eigenvalue weighted by Gasteiger charge is 2.05. The molecule has 0 aliphatic heterocycles. The Morgan fingerprint density at radius 1 is 1.19 bits per heavy atom. The quantitative estimate of drug-likeness (QED) is 0.743. The van der Waals surface area contributed by atoms with E-state index in [-0.39, 0.29) is 5.91 Å². The van der Waals surface area contributed by atoms with Gasteiger partial charge < -0.3 is 11.1 Å². The van der Waals surface area contributed by atoms with E-state index < -0.39 is 0 Å². The van der Waals surface area contributed by atoms with Crippen LogP contribution in [0.25, 0.3) is 0 Å². The fraction of sp³-hybridized carbons (Fsp3) is 0.462. The van der Waals surface area contributed by atoms with Crippen LogP contribution in [0.4, 0.5) is 0 Å². The lowest BCUT2D eigenvalue weighted by Gasteiger charge is -2.06. The Hall–Kier alpha value is -1.35. The molecule has 88 valence electrons. The van der Waals surface area contributed by atoms with Crippen molar-refractivity contribution in [2.75, 3.05) is 13.1 Å². The molecule has 0 aromatic heterocycles. The zero-order valence-electron chi connectivity index (χ0n) is 10.0. The molecular formula is C13H20N2O. The molecule has 0 heterocycles. The number of rotatable bonds is 5. The highest BCUT2D eigenvalue weighted by Crippen LogP contribution is 2.08. The van der Waals surface area contributed by atoms with Crippen LogP contribution in [0.1, 0.15) is 34.3 Å². The summed E-state index contributed by atoms with van der Waals surface area (Å²) in [6.07, 6.45) is 1.89. The van der Waals surface area contributed by atoms with E-state index in [2.05, 4.69) is 11.4 Å². The number of unbranched alkanes of at least 4 members (excludes halogenated alkanes) is 1. The summed E-state index contributed by atoms with van der Waals surface area (Å²) >= 11 is 0. The van der Waals surface area contributed by atoms with Gasteiger partial charge in [-0.3, -0.25) is 4.79 Å². The van der Waals surface area contributed by atoms with E-state index in [4.69, 9.17) is 5.73 Å². The summed E-state index contributed by atoms with van der Waals surface area (Å²) in [4.78, 5) is 11.8. The Morgan fingerprint density at radius 3 is 2.38 bits per heavy atom. The number of amides is 1. The van der Waals surface area contributed by atoms with Crippen LogP contribution in [0.5, 0.6) is 0 Å². The highest BCUT2D eigenvalue weighted by atomic mass is 16.1. The standard InChI is InChI=1S/C13H20N2O/c1-10-7-11(2)9-12(8-10)13(16)15-6-4-3-5-14/h7-9H,3-6,14H2,1-2H3,(H,15,16). The van der Waals surface area contributed by atoms with Crippen molar-refractivity contribution >= 4 is 5.91 Å². The van der Waals surface area contributed by atoms with Crippen molar-refractivity contribution < 1.29 is 4.79 Å². The largest absolute Gasteiger partial charge is 0.352 e. The molecular weight excluding hydrogens is 200 g/mol. The zero-order valence-corrected chi connectivity index (χ0v) is 10.0. The molecule has 0 atom stereocenters. The number of hydrogen-bond acceptors (Lipinski definition) is 2. The Labute approximate surface area is 97.0 Å². The second-order valence-corrected chi connectivity index (χ2v) is 4.13. The summed E-state index contributed by atoms with van der Waals surface area (Å²) in [5.41, 5.74) is 8.36. The molecule has 3 N–H and O–H groups in total. The van der Waals surface area contributed by atoms with E-state index in [9.17, 15) is 4.79 Å². The number of nitrogens with two attached hydrogens (primary N) is 1. The number of nitrogens with one attached hydrogen (secondary N) is 1. The zero-order chi connectivity index (χ0) is 12.0. The average Bonchev–Trinajstić information content (AvgIpc) is 2.22. The van der Waals surface area contributed by atoms with Gasteiger partial charge in [-0.15, -0.1) is 0 Å². The van der Waals surface area contributed by atoms with Crippen LogP contribution in [-0.4, -0.2) is 19.0 Å². The molecule has 1 aromatic carbocycles. The van der Waals surface area contributed by atoms with Crippen LogP contribution in [0.3, 0.4) is 0 Å². The fourth-order valence-electron chi connectivity index (χ4n) is 1.68. The van der Waals surface area contributed by atoms with E-state index in [0.717, 1.165) is 29.5 Å². The normalized spacial score (nSPS) is 10.2. The SMILES string of the molecule is Cc1cc(C)cc(C(=O)NCCCCN)c1. The number of hydrogen-bond donors (Lipinski definition) is 2. The van der Waals surface area contributed by atoms with Crippen molar-refractivity contribution in [3.63, 3.8) is 0 Å². The van der Waals surface area contributed by atoms with E-state index >= 15 is 0 Å². The molecule has 0 bridgehead atoms. The van der Waals surface area contributed by atoms with Crippen molar-refractivity contribution in [1.29, 1.82) is 0 Å². The number of carbonyl (C=O) groups is 1. The molecule has 0 saturated heterocycles. The lowest BCUT2D eigenvalue weighted by Crippen LogP contribution is -2.25. The van der Waals surface area contributed by atoms with Gasteiger partial charge in [0.25, 0.3) is 5.91 Å². The van der Waals surface area contributed by atoms with Gasteiger partial charge >= 0.3 is 0 Å². The average molecular weight is 220 g/mol. The maximum atomic E-state index is 11.8. The molecule has 3 nitrogen and oxygen atoms in total. The minimum absolute atomic E-state index is 0.00354. The molecule has 0 aliphatic carbocycles. The third-order valence-corrected chi connectivity index (χ3v) is 2.40. The van der Waals surface area contributed by atoms with Crippen molar-refractivity contribution in [3.05, 3.63) is 34.9 Å². The molecule has 0 radical (unpaired) electrons. The van der Waals surface area contributed by atoms with Gasteiger partial charge in [-0.2, -0.15) is 0 Å². The molecule has 0 spiro atoms. The first-order chi connectivity index (χ1) is 7.63. The van der Waals surface area contributed by atoms with Crippen molar-refractivity contribution in [2.24, 2.45) is 5.73 Å². The number of benzene rings is 1. The van der Waals surface area contributed by atoms with E-state index in [0.29, 0.717) is 13.1 Å². The number of aryl methyl sites for hydroxylation is 2. The second kappa shape index (κ2) is 6.28. The van der Waals surface area contributed by atoms with Gasteiger partial charge in [0.1, 0.15) is 0 Å². The minimum atomic E-state index is 0.00354. The van der Waals surface area contributed by atoms with E-state index in [1.807, 2.05) is 26.0 Å². The van der Waals surface area contributed by atoms with Crippen LogP contribution in [-0.2, 0) is 0 Å². The monoisotopic (exact) mass is 220 g/mol. The van der Waals surface area contributed by atoms with Gasteiger partial charge in [-0.05, 0) is 45.4 Å². The van der Waals surface area contributed by atoms with E-state index in [1.165, 1.54) is 0 Å². The lowest BCUT2D eigenvalue weighted by molar-refractivity contribution is 0.0953. The summed E-state index contributed by atoms with van der Waals surface area (Å²) < 4.78 is 0. The van der Waals surface area contributed by atoms with Gasteiger partial charge in [-0.25, -0.2) is 0 Å². The van der Waals surface area contributed by atoms with Crippen molar-refractivity contribution in [2.45, 2.75) is 26.7 Å². The predicted octanol–water partition coefficient (Wildman–Crippen LogP) is 1.77. The molecule has 0 unspecified atom stereocenters. The summed E-state index contributed by atoms with van der Waals surface area (Å²) in [5, 5.41) is 2.89. The topological polar surface area (TPSA) is 55.1 Å². The van der Waals surface area contributed by atoms with Gasteiger partial charge in [-0.1, -0.05) is 17.2 Å². The molecule has 0 fully saturated rings. The molecule has 3 heteroatoms. The molecule has 1 amide bonds. The van der Waals surface area contributed by atoms with Crippen LogP contribution < -0.4 is 11.1 Å². The number of carbonyl (C=O) groups excluding carboxylic acids is 1. The third kappa shape index (κ3) is 4.03. The second-order valence-electron chi connectivity index (χ2n) is 4.13. The Bertz CT molecular complexity index is 341. The maximum absolute atomic E-state index is 11.8. The third-order valence-electron chi connectivity index (χ3n) is 2.40. The van der Waals surface area contributed by atoms with Gasteiger partial charge in [0.2, 0.25) is 0 Å². The summed E-state index contributed by atoms with van der Waals surface area (Å²) in [7, 11) is 0. The summed E-state index contributed by atoms with van der Waals surface area (Å²) in [5.74, 6) is 0.00354.